The molecule has 0 radical (unpaired) electrons. The van der Waals surface area contributed by atoms with E-state index in [1.165, 1.54) is 12.8 Å². The second kappa shape index (κ2) is 8.22. The zero-order chi connectivity index (χ0) is 13.4. The SMILES string of the molecule is CCC(C)CC(CC)NCC(O)c1ccncc1. The molecule has 0 fully saturated rings. The van der Waals surface area contributed by atoms with Crippen LogP contribution in [-0.2, 0) is 0 Å². The number of aliphatic hydroxyl groups is 1. The van der Waals surface area contributed by atoms with Gasteiger partial charge in [0, 0.05) is 25.0 Å². The summed E-state index contributed by atoms with van der Waals surface area (Å²) in [7, 11) is 0. The Bertz CT molecular complexity index is 316. The molecule has 1 aromatic heterocycles. The van der Waals surface area contributed by atoms with Crippen LogP contribution in [0.15, 0.2) is 24.5 Å². The number of pyridine rings is 1. The van der Waals surface area contributed by atoms with Crippen LogP contribution in [0.2, 0.25) is 0 Å². The summed E-state index contributed by atoms with van der Waals surface area (Å²) in [5.74, 6) is 0.737. The van der Waals surface area contributed by atoms with E-state index in [9.17, 15) is 5.11 Å². The first kappa shape index (κ1) is 15.1. The zero-order valence-electron chi connectivity index (χ0n) is 11.8. The maximum absolute atomic E-state index is 10.1. The van der Waals surface area contributed by atoms with Crippen LogP contribution < -0.4 is 5.32 Å². The molecule has 3 heteroatoms. The summed E-state index contributed by atoms with van der Waals surface area (Å²) in [5, 5.41) is 13.5. The van der Waals surface area contributed by atoms with Crippen molar-refractivity contribution >= 4 is 0 Å². The van der Waals surface area contributed by atoms with Gasteiger partial charge in [0.05, 0.1) is 6.10 Å². The molecule has 0 spiro atoms. The molecular weight excluding hydrogens is 224 g/mol. The quantitative estimate of drug-likeness (QED) is 0.745. The van der Waals surface area contributed by atoms with Crippen molar-refractivity contribution in [3.05, 3.63) is 30.1 Å². The van der Waals surface area contributed by atoms with E-state index in [-0.39, 0.29) is 0 Å². The van der Waals surface area contributed by atoms with E-state index in [4.69, 9.17) is 0 Å². The summed E-state index contributed by atoms with van der Waals surface area (Å²) in [5.41, 5.74) is 0.927. The Morgan fingerprint density at radius 3 is 2.44 bits per heavy atom. The third kappa shape index (κ3) is 5.15. The molecule has 0 saturated heterocycles. The first-order valence-electron chi connectivity index (χ1n) is 6.98. The molecule has 2 N–H and O–H groups in total. The van der Waals surface area contributed by atoms with Crippen molar-refractivity contribution < 1.29 is 5.11 Å². The molecule has 3 atom stereocenters. The van der Waals surface area contributed by atoms with Gasteiger partial charge in [-0.1, -0.05) is 27.2 Å². The van der Waals surface area contributed by atoms with Crippen LogP contribution in [-0.4, -0.2) is 22.7 Å². The maximum Gasteiger partial charge on any atom is 0.0915 e. The molecule has 0 aliphatic heterocycles. The lowest BCUT2D eigenvalue weighted by atomic mass is 9.97. The van der Waals surface area contributed by atoms with Crippen molar-refractivity contribution in [2.45, 2.75) is 52.2 Å². The van der Waals surface area contributed by atoms with Crippen molar-refractivity contribution in [3.8, 4) is 0 Å². The summed E-state index contributed by atoms with van der Waals surface area (Å²) in [6.45, 7) is 7.31. The van der Waals surface area contributed by atoms with Gasteiger partial charge in [-0.3, -0.25) is 4.98 Å². The van der Waals surface area contributed by atoms with Gasteiger partial charge in [0.1, 0.15) is 0 Å². The second-order valence-electron chi connectivity index (χ2n) is 5.06. The highest BCUT2D eigenvalue weighted by atomic mass is 16.3. The van der Waals surface area contributed by atoms with Crippen molar-refractivity contribution in [1.82, 2.24) is 10.3 Å². The molecule has 0 aliphatic rings. The molecule has 3 nitrogen and oxygen atoms in total. The zero-order valence-corrected chi connectivity index (χ0v) is 11.8. The molecular formula is C15H26N2O. The first-order valence-corrected chi connectivity index (χ1v) is 6.98. The normalized spacial score (nSPS) is 16.2. The van der Waals surface area contributed by atoms with Crippen LogP contribution in [0.3, 0.4) is 0 Å². The average Bonchev–Trinajstić information content (AvgIpc) is 2.43. The molecule has 1 aromatic rings. The first-order chi connectivity index (χ1) is 8.67. The summed E-state index contributed by atoms with van der Waals surface area (Å²) in [6, 6.07) is 4.22. The van der Waals surface area contributed by atoms with Gasteiger partial charge in [-0.15, -0.1) is 0 Å². The number of aliphatic hydroxyl groups excluding tert-OH is 1. The lowest BCUT2D eigenvalue weighted by Crippen LogP contribution is -2.33. The second-order valence-corrected chi connectivity index (χ2v) is 5.06. The third-order valence-corrected chi connectivity index (χ3v) is 3.57. The standard InChI is InChI=1S/C15H26N2O/c1-4-12(3)10-14(5-2)17-11-15(18)13-6-8-16-9-7-13/h6-9,12,14-15,17-18H,4-5,10-11H2,1-3H3. The number of hydrogen-bond donors (Lipinski definition) is 2. The molecule has 0 bridgehead atoms. The molecule has 0 saturated carbocycles. The smallest absolute Gasteiger partial charge is 0.0915 e. The fourth-order valence-electron chi connectivity index (χ4n) is 2.03. The van der Waals surface area contributed by atoms with Crippen molar-refractivity contribution in [1.29, 1.82) is 0 Å². The Balaban J connectivity index is 2.38. The Morgan fingerprint density at radius 2 is 1.89 bits per heavy atom. The minimum atomic E-state index is -0.445. The van der Waals surface area contributed by atoms with Crippen LogP contribution in [0.4, 0.5) is 0 Å². The van der Waals surface area contributed by atoms with Gasteiger partial charge in [-0.25, -0.2) is 0 Å². The van der Waals surface area contributed by atoms with E-state index in [0.29, 0.717) is 12.6 Å². The minimum Gasteiger partial charge on any atom is -0.387 e. The van der Waals surface area contributed by atoms with E-state index < -0.39 is 6.10 Å². The average molecular weight is 250 g/mol. The van der Waals surface area contributed by atoms with Gasteiger partial charge >= 0.3 is 0 Å². The highest BCUT2D eigenvalue weighted by Crippen LogP contribution is 2.14. The number of rotatable bonds is 8. The lowest BCUT2D eigenvalue weighted by molar-refractivity contribution is 0.166. The van der Waals surface area contributed by atoms with Crippen LogP contribution in [0, 0.1) is 5.92 Å². The van der Waals surface area contributed by atoms with Crippen molar-refractivity contribution in [3.63, 3.8) is 0 Å². The summed E-state index contributed by atoms with van der Waals surface area (Å²) in [6.07, 6.45) is 6.48. The maximum atomic E-state index is 10.1. The highest BCUT2D eigenvalue weighted by molar-refractivity contribution is 5.13. The molecule has 1 rings (SSSR count). The van der Waals surface area contributed by atoms with E-state index in [0.717, 1.165) is 17.9 Å². The Morgan fingerprint density at radius 1 is 1.22 bits per heavy atom. The van der Waals surface area contributed by atoms with Crippen LogP contribution in [0.5, 0.6) is 0 Å². The fraction of sp³-hybridized carbons (Fsp3) is 0.667. The van der Waals surface area contributed by atoms with Gasteiger partial charge in [-0.2, -0.15) is 0 Å². The number of nitrogens with one attached hydrogen (secondary N) is 1. The van der Waals surface area contributed by atoms with E-state index in [1.807, 2.05) is 12.1 Å². The van der Waals surface area contributed by atoms with Crippen LogP contribution in [0.1, 0.15) is 51.7 Å². The largest absolute Gasteiger partial charge is 0.387 e. The monoisotopic (exact) mass is 250 g/mol. The van der Waals surface area contributed by atoms with Crippen molar-refractivity contribution in [2.24, 2.45) is 5.92 Å². The summed E-state index contributed by atoms with van der Waals surface area (Å²) in [4.78, 5) is 3.96. The minimum absolute atomic E-state index is 0.445. The van der Waals surface area contributed by atoms with Crippen LogP contribution >= 0.6 is 0 Å². The summed E-state index contributed by atoms with van der Waals surface area (Å²) < 4.78 is 0. The third-order valence-electron chi connectivity index (χ3n) is 3.57. The van der Waals surface area contributed by atoms with Gasteiger partial charge in [0.2, 0.25) is 0 Å². The topological polar surface area (TPSA) is 45.1 Å². The van der Waals surface area contributed by atoms with Crippen molar-refractivity contribution in [2.75, 3.05) is 6.54 Å². The van der Waals surface area contributed by atoms with Gasteiger partial charge in [0.15, 0.2) is 0 Å². The molecule has 3 unspecified atom stereocenters. The van der Waals surface area contributed by atoms with E-state index in [1.54, 1.807) is 12.4 Å². The Hall–Kier alpha value is -0.930. The molecule has 1 heterocycles. The Kier molecular flexibility index (Phi) is 6.91. The molecule has 102 valence electrons. The lowest BCUT2D eigenvalue weighted by Gasteiger charge is -2.22. The van der Waals surface area contributed by atoms with E-state index >= 15 is 0 Å². The predicted molar refractivity (Wildman–Crippen MR) is 75.4 cm³/mol. The molecule has 18 heavy (non-hydrogen) atoms. The highest BCUT2D eigenvalue weighted by Gasteiger charge is 2.13. The number of nitrogens with zero attached hydrogens (tertiary/aromatic N) is 1. The van der Waals surface area contributed by atoms with Gasteiger partial charge in [-0.05, 0) is 36.5 Å². The predicted octanol–water partition coefficient (Wildman–Crippen LogP) is 2.92. The number of aromatic nitrogens is 1. The van der Waals surface area contributed by atoms with Gasteiger partial charge < -0.3 is 10.4 Å². The molecule has 0 aromatic carbocycles. The molecule has 0 amide bonds. The van der Waals surface area contributed by atoms with Gasteiger partial charge in [0.25, 0.3) is 0 Å². The fourth-order valence-corrected chi connectivity index (χ4v) is 2.03. The Labute approximate surface area is 111 Å². The van der Waals surface area contributed by atoms with Crippen LogP contribution in [0.25, 0.3) is 0 Å². The number of hydrogen-bond acceptors (Lipinski definition) is 3. The summed E-state index contributed by atoms with van der Waals surface area (Å²) >= 11 is 0. The van der Waals surface area contributed by atoms with E-state index in [2.05, 4.69) is 31.1 Å². The molecule has 0 aliphatic carbocycles.